The topological polar surface area (TPSA) is 73.1 Å². The van der Waals surface area contributed by atoms with Gasteiger partial charge in [0.05, 0.1) is 5.69 Å². The maximum atomic E-state index is 10.4. The van der Waals surface area contributed by atoms with Crippen LogP contribution in [0, 0.1) is 11.5 Å². The molecule has 0 aliphatic rings. The van der Waals surface area contributed by atoms with Gasteiger partial charge in [-0.2, -0.15) is 5.26 Å². The van der Waals surface area contributed by atoms with Crippen LogP contribution in [0.5, 0.6) is 0 Å². The Balaban J connectivity index is 2.98. The summed E-state index contributed by atoms with van der Waals surface area (Å²) in [4.78, 5) is 10.6. The zero-order chi connectivity index (χ0) is 8.27. The summed E-state index contributed by atoms with van der Waals surface area (Å²) < 4.78 is 0. The Morgan fingerprint density at radius 1 is 1.82 bits per heavy atom. The molecule has 2 N–H and O–H groups in total. The predicted molar refractivity (Wildman–Crippen MR) is 40.5 cm³/mol. The number of carboxylic acid groups (broad SMARTS) is 1. The first-order valence-corrected chi connectivity index (χ1v) is 3.59. The number of nitrogens with zero attached hydrogens (tertiary/aromatic N) is 1. The summed E-state index contributed by atoms with van der Waals surface area (Å²) in [6.45, 7) is 0. The Morgan fingerprint density at radius 3 is 3.09 bits per heavy atom. The first-order chi connectivity index (χ1) is 5.25. The fourth-order valence-electron chi connectivity index (χ4n) is 0.634. The number of nitrogens with one attached hydrogen (secondary N) is 1. The molecule has 0 saturated heterocycles. The summed E-state index contributed by atoms with van der Waals surface area (Å²) in [6.07, 6.45) is 1.66. The summed E-state index contributed by atoms with van der Waals surface area (Å²) in [5.41, 5.74) is 0.352. The maximum Gasteiger partial charge on any atom is 0.348 e. The minimum atomic E-state index is -1.02. The smallest absolute Gasteiger partial charge is 0.348 e. The molecule has 56 valence electrons. The van der Waals surface area contributed by atoms with Crippen LogP contribution < -0.4 is 5.32 Å². The van der Waals surface area contributed by atoms with Gasteiger partial charge in [0.2, 0.25) is 0 Å². The van der Waals surface area contributed by atoms with Gasteiger partial charge in [0.1, 0.15) is 4.88 Å². The van der Waals surface area contributed by atoms with Crippen LogP contribution in [0.1, 0.15) is 9.67 Å². The number of hydrogen-bond donors (Lipinski definition) is 2. The Hall–Kier alpha value is -1.54. The quantitative estimate of drug-likeness (QED) is 0.516. The molecule has 1 aromatic heterocycles. The third kappa shape index (κ3) is 1.48. The zero-order valence-corrected chi connectivity index (χ0v) is 6.18. The van der Waals surface area contributed by atoms with Gasteiger partial charge >= 0.3 is 5.97 Å². The molecule has 4 nitrogen and oxygen atoms in total. The van der Waals surface area contributed by atoms with Gasteiger partial charge in [-0.1, -0.05) is 0 Å². The van der Waals surface area contributed by atoms with E-state index in [4.69, 9.17) is 10.4 Å². The second-order valence-electron chi connectivity index (χ2n) is 1.71. The second kappa shape index (κ2) is 3.03. The van der Waals surface area contributed by atoms with E-state index in [9.17, 15) is 4.79 Å². The molecule has 5 heteroatoms. The molecule has 0 aliphatic heterocycles. The molecule has 1 rings (SSSR count). The number of hydrogen-bond acceptors (Lipinski definition) is 4. The van der Waals surface area contributed by atoms with E-state index in [1.165, 1.54) is 0 Å². The Morgan fingerprint density at radius 2 is 2.55 bits per heavy atom. The number of rotatable bonds is 2. The fourth-order valence-corrected chi connectivity index (χ4v) is 1.32. The molecular formula is C6H4N2O2S. The summed E-state index contributed by atoms with van der Waals surface area (Å²) in [5, 5.41) is 20.6. The van der Waals surface area contributed by atoms with Crippen molar-refractivity contribution in [3.63, 3.8) is 0 Å². The van der Waals surface area contributed by atoms with Crippen molar-refractivity contribution >= 4 is 23.0 Å². The monoisotopic (exact) mass is 168 g/mol. The summed E-state index contributed by atoms with van der Waals surface area (Å²) in [7, 11) is 0. The molecule has 0 bridgehead atoms. The molecule has 0 aromatic carbocycles. The van der Waals surface area contributed by atoms with Crippen molar-refractivity contribution in [2.24, 2.45) is 0 Å². The molecule has 0 spiro atoms. The summed E-state index contributed by atoms with van der Waals surface area (Å²) in [6, 6.07) is 1.55. The van der Waals surface area contributed by atoms with Crippen LogP contribution in [-0.2, 0) is 0 Å². The molecule has 0 radical (unpaired) electrons. The number of thiophene rings is 1. The highest BCUT2D eigenvalue weighted by atomic mass is 32.1. The van der Waals surface area contributed by atoms with Gasteiger partial charge in [0.25, 0.3) is 0 Å². The summed E-state index contributed by atoms with van der Waals surface area (Å²) >= 11 is 1.08. The average molecular weight is 168 g/mol. The molecule has 11 heavy (non-hydrogen) atoms. The van der Waals surface area contributed by atoms with Crippen molar-refractivity contribution in [2.75, 3.05) is 5.32 Å². The molecule has 1 heterocycles. The standard InChI is InChI=1S/C6H4N2O2S/c7-3-8-4-1-2-11-5(4)6(9)10/h1-2,8H,(H,9,10). The second-order valence-corrected chi connectivity index (χ2v) is 2.62. The molecule has 1 aromatic rings. The van der Waals surface area contributed by atoms with E-state index in [1.54, 1.807) is 17.6 Å². The molecular weight excluding hydrogens is 164 g/mol. The van der Waals surface area contributed by atoms with Gasteiger partial charge in [-0.15, -0.1) is 11.3 Å². The van der Waals surface area contributed by atoms with Crippen LogP contribution in [0.3, 0.4) is 0 Å². The normalized spacial score (nSPS) is 8.64. The third-order valence-corrected chi connectivity index (χ3v) is 1.95. The van der Waals surface area contributed by atoms with Gasteiger partial charge in [0.15, 0.2) is 6.19 Å². The van der Waals surface area contributed by atoms with Crippen molar-refractivity contribution in [1.29, 1.82) is 5.26 Å². The van der Waals surface area contributed by atoms with E-state index in [1.807, 2.05) is 0 Å². The van der Waals surface area contributed by atoms with Crippen LogP contribution in [-0.4, -0.2) is 11.1 Å². The Bertz CT molecular complexity index is 313. The van der Waals surface area contributed by atoms with Crippen molar-refractivity contribution in [3.8, 4) is 6.19 Å². The van der Waals surface area contributed by atoms with Gasteiger partial charge in [-0.3, -0.25) is 5.32 Å². The van der Waals surface area contributed by atoms with Crippen LogP contribution in [0.25, 0.3) is 0 Å². The number of anilines is 1. The van der Waals surface area contributed by atoms with Crippen molar-refractivity contribution in [3.05, 3.63) is 16.3 Å². The largest absolute Gasteiger partial charge is 0.477 e. The SMILES string of the molecule is N#CNc1ccsc1C(=O)O. The lowest BCUT2D eigenvalue weighted by molar-refractivity contribution is 0.0703. The van der Waals surface area contributed by atoms with Crippen LogP contribution in [0.2, 0.25) is 0 Å². The van der Waals surface area contributed by atoms with Crippen LogP contribution in [0.15, 0.2) is 11.4 Å². The fraction of sp³-hybridized carbons (Fsp3) is 0. The molecule has 0 saturated carbocycles. The zero-order valence-electron chi connectivity index (χ0n) is 5.37. The predicted octanol–water partition coefficient (Wildman–Crippen LogP) is 1.34. The van der Waals surface area contributed by atoms with Gasteiger partial charge in [-0.25, -0.2) is 4.79 Å². The van der Waals surface area contributed by atoms with E-state index in [2.05, 4.69) is 5.32 Å². The van der Waals surface area contributed by atoms with Gasteiger partial charge < -0.3 is 5.11 Å². The molecule has 0 amide bonds. The van der Waals surface area contributed by atoms with Crippen molar-refractivity contribution in [1.82, 2.24) is 0 Å². The summed E-state index contributed by atoms with van der Waals surface area (Å²) in [5.74, 6) is -1.02. The number of carboxylic acids is 1. The maximum absolute atomic E-state index is 10.4. The first-order valence-electron chi connectivity index (χ1n) is 2.71. The Kier molecular flexibility index (Phi) is 2.09. The van der Waals surface area contributed by atoms with E-state index >= 15 is 0 Å². The highest BCUT2D eigenvalue weighted by Crippen LogP contribution is 2.21. The number of aromatic carboxylic acids is 1. The van der Waals surface area contributed by atoms with Crippen LogP contribution >= 0.6 is 11.3 Å². The minimum Gasteiger partial charge on any atom is -0.477 e. The lowest BCUT2D eigenvalue weighted by atomic mass is 10.4. The lowest BCUT2D eigenvalue weighted by Crippen LogP contribution is -1.97. The van der Waals surface area contributed by atoms with Crippen molar-refractivity contribution < 1.29 is 9.90 Å². The lowest BCUT2D eigenvalue weighted by Gasteiger charge is -1.92. The highest BCUT2D eigenvalue weighted by Gasteiger charge is 2.10. The number of carbonyl (C=O) groups is 1. The van der Waals surface area contributed by atoms with E-state index in [0.717, 1.165) is 11.3 Å². The van der Waals surface area contributed by atoms with E-state index in [0.29, 0.717) is 5.69 Å². The minimum absolute atomic E-state index is 0.159. The van der Waals surface area contributed by atoms with E-state index < -0.39 is 5.97 Å². The van der Waals surface area contributed by atoms with Gasteiger partial charge in [0, 0.05) is 0 Å². The molecule has 0 fully saturated rings. The molecule has 0 unspecified atom stereocenters. The molecule has 0 aliphatic carbocycles. The van der Waals surface area contributed by atoms with E-state index in [-0.39, 0.29) is 4.88 Å². The van der Waals surface area contributed by atoms with Crippen molar-refractivity contribution in [2.45, 2.75) is 0 Å². The first kappa shape index (κ1) is 7.57. The average Bonchev–Trinajstić information content (AvgIpc) is 2.36. The molecule has 0 atom stereocenters. The third-order valence-electron chi connectivity index (χ3n) is 1.05. The number of nitriles is 1. The Labute approximate surface area is 66.7 Å². The van der Waals surface area contributed by atoms with Crippen LogP contribution in [0.4, 0.5) is 5.69 Å². The highest BCUT2D eigenvalue weighted by molar-refractivity contribution is 7.12. The van der Waals surface area contributed by atoms with Gasteiger partial charge in [-0.05, 0) is 11.4 Å².